The van der Waals surface area contributed by atoms with Gasteiger partial charge in [0, 0.05) is 10.6 Å². The number of piperidine rings is 1. The summed E-state index contributed by atoms with van der Waals surface area (Å²) in [7, 11) is 0. The fourth-order valence-corrected chi connectivity index (χ4v) is 7.94. The standard InChI is InChI=1S/C38H36ClF4IN3O2/c39-27-15-16-29(25-11-13-26(14-12-25)38(40,41)42)32(23-27)35(48)46-28-17-21-47(22-18-28)20-6-5-19-37(36(49)45-24-44-43)33-9-3-1-7-30(33)31-8-2-4-10-34(31)37/h1-4,7-16,23,28H,5-6,17-22,24H2,(H,45,49)(H,46,48)/q-1. The minimum absolute atomic E-state index is 0.0556. The summed E-state index contributed by atoms with van der Waals surface area (Å²) in [5, 5.41) is 6.36. The van der Waals surface area contributed by atoms with E-state index in [4.69, 9.17) is 11.6 Å². The number of benzene rings is 4. The average molecular weight is 805 g/mol. The van der Waals surface area contributed by atoms with E-state index in [9.17, 15) is 25.6 Å². The van der Waals surface area contributed by atoms with Crippen LogP contribution < -0.4 is 32.4 Å². The number of nitrogens with one attached hydrogen (secondary N) is 2. The predicted molar refractivity (Wildman–Crippen MR) is 179 cm³/mol. The number of amides is 2. The summed E-state index contributed by atoms with van der Waals surface area (Å²) in [5.74, 6) is -0.452. The zero-order chi connectivity index (χ0) is 34.6. The Hall–Kier alpha value is -3.48. The van der Waals surface area contributed by atoms with Crippen LogP contribution in [0.1, 0.15) is 59.2 Å². The van der Waals surface area contributed by atoms with Crippen molar-refractivity contribution in [2.45, 2.75) is 49.7 Å². The smallest absolute Gasteiger partial charge is 0.166 e. The summed E-state index contributed by atoms with van der Waals surface area (Å²) in [4.78, 5) is 29.6. The van der Waals surface area contributed by atoms with Gasteiger partial charge < -0.3 is 5.32 Å². The van der Waals surface area contributed by atoms with Gasteiger partial charge in [0.2, 0.25) is 0 Å². The number of unbranched alkanes of at least 4 members (excludes halogenated alkanes) is 1. The van der Waals surface area contributed by atoms with Crippen LogP contribution in [0.25, 0.3) is 22.3 Å². The van der Waals surface area contributed by atoms with Crippen LogP contribution in [0, 0.1) is 0 Å². The van der Waals surface area contributed by atoms with E-state index in [0.717, 1.165) is 79.7 Å². The second-order valence-corrected chi connectivity index (χ2v) is 14.3. The number of carbonyl (C=O) groups excluding carboxylic acids is 2. The first-order valence-electron chi connectivity index (χ1n) is 16.3. The molecule has 2 N–H and O–H groups in total. The van der Waals surface area contributed by atoms with Gasteiger partial charge in [0.05, 0.1) is 5.56 Å². The molecule has 1 aliphatic heterocycles. The Kier molecular flexibility index (Phi) is 11.0. The topological polar surface area (TPSA) is 61.4 Å². The van der Waals surface area contributed by atoms with Crippen LogP contribution in [0.4, 0.5) is 16.0 Å². The molecule has 2 amide bonds. The van der Waals surface area contributed by atoms with Crippen molar-refractivity contribution < 1.29 is 47.4 Å². The van der Waals surface area contributed by atoms with Crippen molar-refractivity contribution in [1.29, 1.82) is 0 Å². The molecule has 0 unspecified atom stereocenters. The van der Waals surface area contributed by atoms with Gasteiger partial charge in [-0.15, -0.1) is 0 Å². The van der Waals surface area contributed by atoms with Gasteiger partial charge in [-0.1, -0.05) is 29.8 Å². The summed E-state index contributed by atoms with van der Waals surface area (Å²) < 4.78 is 52.6. The quantitative estimate of drug-likeness (QED) is 0.0703. The molecule has 11 heteroatoms. The molecule has 1 saturated heterocycles. The number of hydrogen-bond donors (Lipinski definition) is 2. The van der Waals surface area contributed by atoms with Gasteiger partial charge in [-0.2, -0.15) is 13.2 Å². The Morgan fingerprint density at radius 2 is 1.49 bits per heavy atom. The van der Waals surface area contributed by atoms with Gasteiger partial charge in [-0.05, 0) is 35.4 Å². The minimum atomic E-state index is -4.45. The van der Waals surface area contributed by atoms with Gasteiger partial charge in [-0.3, -0.25) is 4.79 Å². The molecule has 2 aliphatic rings. The van der Waals surface area contributed by atoms with E-state index in [1.807, 2.05) is 36.4 Å². The van der Waals surface area contributed by atoms with E-state index in [1.165, 1.54) is 12.1 Å². The van der Waals surface area contributed by atoms with Crippen LogP contribution in [-0.4, -0.2) is 46.9 Å². The normalized spacial score (nSPS) is 15.9. The summed E-state index contributed by atoms with van der Waals surface area (Å²) in [6, 6.07) is 25.5. The number of halogens is 6. The first-order valence-corrected chi connectivity index (χ1v) is 19.0. The molecule has 4 aromatic carbocycles. The maximum atomic E-state index is 13.8. The molecule has 0 aromatic heterocycles. The number of likely N-dealkylation sites (tertiary alicyclic amines) is 1. The summed E-state index contributed by atoms with van der Waals surface area (Å²) >= 11 is 4.65. The zero-order valence-corrected chi connectivity index (χ0v) is 29.5. The number of fused-ring (bicyclic) bond motifs is 3. The van der Waals surface area contributed by atoms with Crippen molar-refractivity contribution in [2.24, 2.45) is 0 Å². The van der Waals surface area contributed by atoms with E-state index in [0.29, 0.717) is 28.1 Å². The van der Waals surface area contributed by atoms with Crippen molar-refractivity contribution >= 4 is 23.4 Å². The van der Waals surface area contributed by atoms with Crippen LogP contribution in [0.2, 0.25) is 5.02 Å². The number of rotatable bonds is 11. The SMILES string of the molecule is O=C(NC1CCN(CCCCC2(C(=O)NC[I-]F)c3ccccc3-c3ccccc32)CC1)c1cc(Cl)ccc1-c1ccc(C(F)(F)F)cc1. The van der Waals surface area contributed by atoms with Gasteiger partial charge in [0.25, 0.3) is 5.91 Å². The third-order valence-electron chi connectivity index (χ3n) is 9.68. The van der Waals surface area contributed by atoms with Crippen LogP contribution in [0.3, 0.4) is 0 Å². The van der Waals surface area contributed by atoms with Crippen molar-refractivity contribution in [3.63, 3.8) is 0 Å². The zero-order valence-electron chi connectivity index (χ0n) is 26.6. The Morgan fingerprint density at radius 3 is 2.10 bits per heavy atom. The van der Waals surface area contributed by atoms with Crippen molar-refractivity contribution in [1.82, 2.24) is 15.5 Å². The monoisotopic (exact) mass is 804 g/mol. The Labute approximate surface area is 299 Å². The molecule has 5 nitrogen and oxygen atoms in total. The average Bonchev–Trinajstić information content (AvgIpc) is 3.40. The molecule has 258 valence electrons. The van der Waals surface area contributed by atoms with Crippen LogP contribution in [-0.2, 0) is 16.4 Å². The third kappa shape index (κ3) is 7.51. The molecule has 0 saturated carbocycles. The van der Waals surface area contributed by atoms with Gasteiger partial charge >= 0.3 is 190 Å². The molecule has 0 spiro atoms. The molecule has 1 fully saturated rings. The molecule has 0 atom stereocenters. The largest absolute Gasteiger partial charge is 0.416 e. The van der Waals surface area contributed by atoms with Crippen molar-refractivity contribution in [3.8, 4) is 22.3 Å². The van der Waals surface area contributed by atoms with Crippen molar-refractivity contribution in [3.05, 3.63) is 118 Å². The minimum Gasteiger partial charge on any atom is -0.166 e. The molecule has 1 heterocycles. The second-order valence-electron chi connectivity index (χ2n) is 12.5. The van der Waals surface area contributed by atoms with E-state index >= 15 is 0 Å². The Morgan fingerprint density at radius 1 is 0.857 bits per heavy atom. The summed E-state index contributed by atoms with van der Waals surface area (Å²) in [5.41, 5.74) is 3.77. The van der Waals surface area contributed by atoms with Gasteiger partial charge in [0.15, 0.2) is 0 Å². The van der Waals surface area contributed by atoms with E-state index in [2.05, 4.69) is 27.7 Å². The second kappa shape index (κ2) is 15.2. The summed E-state index contributed by atoms with van der Waals surface area (Å²) in [6.45, 7) is 2.44. The number of carbonyl (C=O) groups is 2. The molecule has 0 radical (unpaired) electrons. The first-order chi connectivity index (χ1) is 23.6. The molecule has 4 aromatic rings. The predicted octanol–water partition coefficient (Wildman–Crippen LogP) is 5.40. The van der Waals surface area contributed by atoms with Crippen LogP contribution >= 0.6 is 11.6 Å². The summed E-state index contributed by atoms with van der Waals surface area (Å²) in [6.07, 6.45) is -0.643. The molecule has 49 heavy (non-hydrogen) atoms. The third-order valence-corrected chi connectivity index (χ3v) is 10.6. The van der Waals surface area contributed by atoms with Gasteiger partial charge in [0.1, 0.15) is 0 Å². The molecule has 1 aliphatic carbocycles. The van der Waals surface area contributed by atoms with E-state index in [1.54, 1.807) is 18.2 Å². The molecular weight excluding hydrogens is 769 g/mol. The van der Waals surface area contributed by atoms with E-state index < -0.39 is 38.9 Å². The van der Waals surface area contributed by atoms with Crippen molar-refractivity contribution in [2.75, 3.05) is 24.2 Å². The van der Waals surface area contributed by atoms with Crippen LogP contribution in [0.5, 0.6) is 0 Å². The number of alkyl halides is 4. The van der Waals surface area contributed by atoms with Crippen LogP contribution in [0.15, 0.2) is 91.0 Å². The Balaban J connectivity index is 1.05. The van der Waals surface area contributed by atoms with Gasteiger partial charge in [-0.25, -0.2) is 0 Å². The van der Waals surface area contributed by atoms with E-state index in [-0.39, 0.29) is 22.4 Å². The first kappa shape index (κ1) is 35.3. The Bertz CT molecular complexity index is 1760. The molecule has 0 bridgehead atoms. The maximum Gasteiger partial charge on any atom is 0.416 e. The molecule has 6 rings (SSSR count). The fourth-order valence-electron chi connectivity index (χ4n) is 7.27. The number of hydrogen-bond acceptors (Lipinski definition) is 3. The number of nitrogens with zero attached hydrogens (tertiary/aromatic N) is 1. The fraction of sp³-hybridized carbons (Fsp3) is 0.316. The molecular formula is C38H36ClF4IN3O2-. The maximum absolute atomic E-state index is 13.8.